The quantitative estimate of drug-likeness (QED) is 0.495. The Labute approximate surface area is 112 Å². The van der Waals surface area contributed by atoms with E-state index < -0.39 is 30.6 Å². The minimum absolute atomic E-state index is 0.305. The smallest absolute Gasteiger partial charge is 0.317 e. The Hall–Kier alpha value is -1.18. The summed E-state index contributed by atoms with van der Waals surface area (Å²) in [6, 6.07) is 0. The van der Waals surface area contributed by atoms with Crippen LogP contribution < -0.4 is 0 Å². The van der Waals surface area contributed by atoms with Crippen LogP contribution in [0.2, 0.25) is 0 Å². The summed E-state index contributed by atoms with van der Waals surface area (Å²) in [5, 5.41) is 0. The second kappa shape index (κ2) is 7.42. The standard InChI is InChI=1S/C12H20O7/c1-7-11(19-10(14)5-9(13)16-3)12(17-4)8(18-7)6-15-2/h7-8,11-12H,5-6H2,1-4H3/t7-,8+,11?,12-/m0/s1. The molecular formula is C12H20O7. The molecule has 1 unspecified atom stereocenters. The predicted molar refractivity (Wildman–Crippen MR) is 63.5 cm³/mol. The molecule has 0 aromatic carbocycles. The molecule has 0 spiro atoms. The minimum Gasteiger partial charge on any atom is -0.469 e. The lowest BCUT2D eigenvalue weighted by atomic mass is 10.1. The maximum absolute atomic E-state index is 11.6. The maximum Gasteiger partial charge on any atom is 0.317 e. The third kappa shape index (κ3) is 4.15. The van der Waals surface area contributed by atoms with Gasteiger partial charge in [-0.3, -0.25) is 9.59 Å². The van der Waals surface area contributed by atoms with E-state index in [4.69, 9.17) is 18.9 Å². The molecule has 0 aliphatic carbocycles. The lowest BCUT2D eigenvalue weighted by molar-refractivity contribution is -0.161. The molecule has 19 heavy (non-hydrogen) atoms. The number of hydrogen-bond donors (Lipinski definition) is 0. The molecule has 0 saturated carbocycles. The van der Waals surface area contributed by atoms with Crippen molar-refractivity contribution in [3.63, 3.8) is 0 Å². The van der Waals surface area contributed by atoms with Crippen LogP contribution in [0, 0.1) is 0 Å². The number of ether oxygens (including phenoxy) is 5. The molecule has 1 heterocycles. The highest BCUT2D eigenvalue weighted by Crippen LogP contribution is 2.26. The zero-order chi connectivity index (χ0) is 14.4. The van der Waals surface area contributed by atoms with Gasteiger partial charge in [0.25, 0.3) is 0 Å². The van der Waals surface area contributed by atoms with E-state index in [0.717, 1.165) is 0 Å². The Kier molecular flexibility index (Phi) is 6.20. The van der Waals surface area contributed by atoms with Crippen molar-refractivity contribution < 1.29 is 33.3 Å². The van der Waals surface area contributed by atoms with Gasteiger partial charge in [-0.25, -0.2) is 0 Å². The van der Waals surface area contributed by atoms with Crippen LogP contribution in [0.4, 0.5) is 0 Å². The first-order valence-corrected chi connectivity index (χ1v) is 5.97. The minimum atomic E-state index is -0.660. The van der Waals surface area contributed by atoms with E-state index in [-0.39, 0.29) is 12.2 Å². The molecule has 0 aromatic heterocycles. The Morgan fingerprint density at radius 2 is 1.79 bits per heavy atom. The third-order valence-electron chi connectivity index (χ3n) is 2.93. The molecule has 0 radical (unpaired) electrons. The van der Waals surface area contributed by atoms with E-state index in [1.54, 1.807) is 14.0 Å². The van der Waals surface area contributed by atoms with E-state index in [1.165, 1.54) is 14.2 Å². The molecule has 1 aliphatic heterocycles. The van der Waals surface area contributed by atoms with Crippen molar-refractivity contribution >= 4 is 11.9 Å². The Morgan fingerprint density at radius 3 is 2.32 bits per heavy atom. The summed E-state index contributed by atoms with van der Waals surface area (Å²) in [4.78, 5) is 22.6. The van der Waals surface area contributed by atoms with Crippen molar-refractivity contribution in [1.29, 1.82) is 0 Å². The van der Waals surface area contributed by atoms with Gasteiger partial charge in [0, 0.05) is 14.2 Å². The van der Waals surface area contributed by atoms with Crippen LogP contribution in [0.15, 0.2) is 0 Å². The summed E-state index contributed by atoms with van der Waals surface area (Å²) in [6.45, 7) is 2.12. The normalized spacial score (nSPS) is 30.1. The van der Waals surface area contributed by atoms with Gasteiger partial charge in [0.15, 0.2) is 6.10 Å². The van der Waals surface area contributed by atoms with Crippen LogP contribution in [0.25, 0.3) is 0 Å². The molecule has 1 fully saturated rings. The zero-order valence-electron chi connectivity index (χ0n) is 11.6. The molecule has 1 rings (SSSR count). The van der Waals surface area contributed by atoms with Crippen LogP contribution in [-0.4, -0.2) is 64.3 Å². The SMILES string of the molecule is COC[C@H]1O[C@@H](C)C(OC(=O)CC(=O)OC)[C@H]1OC. The molecule has 0 amide bonds. The second-order valence-corrected chi connectivity index (χ2v) is 4.24. The topological polar surface area (TPSA) is 80.3 Å². The van der Waals surface area contributed by atoms with Crippen molar-refractivity contribution in [2.75, 3.05) is 27.9 Å². The van der Waals surface area contributed by atoms with Gasteiger partial charge >= 0.3 is 11.9 Å². The number of methoxy groups -OCH3 is 3. The summed E-state index contributed by atoms with van der Waals surface area (Å²) in [5.74, 6) is -1.30. The van der Waals surface area contributed by atoms with Gasteiger partial charge in [-0.1, -0.05) is 0 Å². The average molecular weight is 276 g/mol. The van der Waals surface area contributed by atoms with Crippen molar-refractivity contribution in [3.05, 3.63) is 0 Å². The molecule has 0 bridgehead atoms. The monoisotopic (exact) mass is 276 g/mol. The first kappa shape index (κ1) is 15.9. The van der Waals surface area contributed by atoms with E-state index in [0.29, 0.717) is 6.61 Å². The van der Waals surface area contributed by atoms with E-state index in [1.807, 2.05) is 0 Å². The van der Waals surface area contributed by atoms with Gasteiger partial charge < -0.3 is 23.7 Å². The first-order valence-electron chi connectivity index (χ1n) is 5.97. The van der Waals surface area contributed by atoms with Crippen LogP contribution in [0.3, 0.4) is 0 Å². The van der Waals surface area contributed by atoms with Crippen molar-refractivity contribution in [3.8, 4) is 0 Å². The van der Waals surface area contributed by atoms with E-state index in [9.17, 15) is 9.59 Å². The highest BCUT2D eigenvalue weighted by Gasteiger charge is 2.45. The number of carbonyl (C=O) groups is 2. The fourth-order valence-corrected chi connectivity index (χ4v) is 2.04. The van der Waals surface area contributed by atoms with Crippen LogP contribution in [0.1, 0.15) is 13.3 Å². The van der Waals surface area contributed by atoms with Crippen LogP contribution >= 0.6 is 0 Å². The van der Waals surface area contributed by atoms with Gasteiger partial charge in [-0.2, -0.15) is 0 Å². The summed E-state index contributed by atoms with van der Waals surface area (Å²) in [6.07, 6.45) is -2.04. The molecule has 7 nitrogen and oxygen atoms in total. The predicted octanol–water partition coefficient (Wildman–Crippen LogP) is -0.0900. The van der Waals surface area contributed by atoms with Crippen LogP contribution in [-0.2, 0) is 33.3 Å². The summed E-state index contributed by atoms with van der Waals surface area (Å²) < 4.78 is 25.6. The molecule has 1 saturated heterocycles. The molecule has 0 aromatic rings. The molecule has 4 atom stereocenters. The Balaban J connectivity index is 2.60. The lowest BCUT2D eigenvalue weighted by Crippen LogP contribution is -2.39. The molecular weight excluding hydrogens is 256 g/mol. The van der Waals surface area contributed by atoms with Crippen molar-refractivity contribution in [1.82, 2.24) is 0 Å². The first-order chi connectivity index (χ1) is 9.03. The fraction of sp³-hybridized carbons (Fsp3) is 0.833. The van der Waals surface area contributed by atoms with Gasteiger partial charge in [-0.15, -0.1) is 0 Å². The number of esters is 2. The summed E-state index contributed by atoms with van der Waals surface area (Å²) >= 11 is 0. The Morgan fingerprint density at radius 1 is 1.11 bits per heavy atom. The highest BCUT2D eigenvalue weighted by atomic mass is 16.6. The van der Waals surface area contributed by atoms with Gasteiger partial charge in [-0.05, 0) is 6.92 Å². The number of rotatable bonds is 6. The number of carbonyl (C=O) groups excluding carboxylic acids is 2. The lowest BCUT2D eigenvalue weighted by Gasteiger charge is -2.21. The third-order valence-corrected chi connectivity index (χ3v) is 2.93. The molecule has 1 aliphatic rings. The van der Waals surface area contributed by atoms with Gasteiger partial charge in [0.05, 0.1) is 19.8 Å². The van der Waals surface area contributed by atoms with Gasteiger partial charge in [0.1, 0.15) is 18.6 Å². The number of hydrogen-bond acceptors (Lipinski definition) is 7. The molecule has 7 heteroatoms. The summed E-state index contributed by atoms with van der Waals surface area (Å²) in [7, 11) is 4.27. The van der Waals surface area contributed by atoms with Crippen molar-refractivity contribution in [2.24, 2.45) is 0 Å². The highest BCUT2D eigenvalue weighted by molar-refractivity contribution is 5.91. The van der Waals surface area contributed by atoms with Crippen molar-refractivity contribution in [2.45, 2.75) is 37.8 Å². The maximum atomic E-state index is 11.6. The van der Waals surface area contributed by atoms with E-state index >= 15 is 0 Å². The molecule has 0 N–H and O–H groups in total. The summed E-state index contributed by atoms with van der Waals surface area (Å²) in [5.41, 5.74) is 0. The van der Waals surface area contributed by atoms with E-state index in [2.05, 4.69) is 4.74 Å². The average Bonchev–Trinajstić information content (AvgIpc) is 2.65. The fourth-order valence-electron chi connectivity index (χ4n) is 2.04. The van der Waals surface area contributed by atoms with Crippen LogP contribution in [0.5, 0.6) is 0 Å². The van der Waals surface area contributed by atoms with Gasteiger partial charge in [0.2, 0.25) is 0 Å². The largest absolute Gasteiger partial charge is 0.469 e. The zero-order valence-corrected chi connectivity index (χ0v) is 11.6. The Bertz CT molecular complexity index is 317. The molecule has 110 valence electrons. The second-order valence-electron chi connectivity index (χ2n) is 4.24.